The van der Waals surface area contributed by atoms with Crippen LogP contribution < -0.4 is 21.3 Å². The van der Waals surface area contributed by atoms with Gasteiger partial charge in [-0.1, -0.05) is 102 Å². The van der Waals surface area contributed by atoms with E-state index in [0.717, 1.165) is 9.80 Å². The second-order valence-corrected chi connectivity index (χ2v) is 26.2. The van der Waals surface area contributed by atoms with Crippen LogP contribution >= 0.6 is 0 Å². The number of methoxy groups -OCH3 is 1. The van der Waals surface area contributed by atoms with E-state index in [4.69, 9.17) is 4.74 Å². The molecule has 1 rings (SSSR count). The van der Waals surface area contributed by atoms with E-state index >= 15 is 9.59 Å². The van der Waals surface area contributed by atoms with Gasteiger partial charge in [-0.3, -0.25) is 52.7 Å². The van der Waals surface area contributed by atoms with Crippen LogP contribution in [0.5, 0.6) is 0 Å². The molecular weight excluding hydrogens is 1120 g/mol. The van der Waals surface area contributed by atoms with Crippen molar-refractivity contribution in [3.63, 3.8) is 0 Å². The number of aliphatic hydroxyl groups is 1. The number of carbonyl (C=O) groups is 11. The molecule has 0 radical (unpaired) electrons. The van der Waals surface area contributed by atoms with Crippen molar-refractivity contribution < 1.29 is 62.6 Å². The Morgan fingerprint density at radius 3 is 1.37 bits per heavy atom. The monoisotopic (exact) mass is 1230 g/mol. The number of amides is 11. The number of ether oxygens (including phenoxy) is 1. The molecule has 1 aliphatic heterocycles. The number of hydrogen-bond donors (Lipinski definition) is 5. The molecule has 5 N–H and O–H groups in total. The van der Waals surface area contributed by atoms with E-state index in [-0.39, 0.29) is 50.0 Å². The first-order chi connectivity index (χ1) is 40.2. The van der Waals surface area contributed by atoms with Gasteiger partial charge < -0.3 is 65.4 Å². The van der Waals surface area contributed by atoms with Gasteiger partial charge in [0.25, 0.3) is 0 Å². The molecule has 0 aromatic rings. The van der Waals surface area contributed by atoms with Crippen LogP contribution in [0.15, 0.2) is 12.2 Å². The van der Waals surface area contributed by atoms with Crippen LogP contribution in [-0.4, -0.2) is 240 Å². The van der Waals surface area contributed by atoms with Crippen molar-refractivity contribution in [3.05, 3.63) is 12.2 Å². The minimum Gasteiger partial charge on any atom is -0.390 e. The molecule has 14 atom stereocenters. The van der Waals surface area contributed by atoms with Gasteiger partial charge in [-0.2, -0.15) is 0 Å². The number of rotatable bonds is 16. The van der Waals surface area contributed by atoms with E-state index in [1.807, 2.05) is 41.5 Å². The van der Waals surface area contributed by atoms with Crippen molar-refractivity contribution in [2.45, 2.75) is 222 Å². The molecule has 0 aliphatic carbocycles. The van der Waals surface area contributed by atoms with Gasteiger partial charge in [0, 0.05) is 62.4 Å². The van der Waals surface area contributed by atoms with E-state index in [0.29, 0.717) is 6.42 Å². The van der Waals surface area contributed by atoms with Crippen LogP contribution in [-0.2, 0) is 57.5 Å². The Morgan fingerprint density at radius 1 is 0.471 bits per heavy atom. The normalized spacial score (nSPS) is 27.7. The van der Waals surface area contributed by atoms with E-state index in [1.54, 1.807) is 67.5 Å². The van der Waals surface area contributed by atoms with Gasteiger partial charge in [-0.25, -0.2) is 0 Å². The van der Waals surface area contributed by atoms with Gasteiger partial charge in [0.15, 0.2) is 0 Å². The van der Waals surface area contributed by atoms with Crippen LogP contribution in [0.1, 0.15) is 150 Å². The van der Waals surface area contributed by atoms with Crippen LogP contribution in [0, 0.1) is 41.4 Å². The highest BCUT2D eigenvalue weighted by Gasteiger charge is 2.46. The summed E-state index contributed by atoms with van der Waals surface area (Å²) in [5.41, 5.74) is 0. The van der Waals surface area contributed by atoms with E-state index in [9.17, 15) is 48.3 Å². The zero-order chi connectivity index (χ0) is 67.6. The Kier molecular flexibility index (Phi) is 32.4. The first-order valence-electron chi connectivity index (χ1n) is 31.1. The van der Waals surface area contributed by atoms with Crippen molar-refractivity contribution in [1.82, 2.24) is 55.6 Å². The van der Waals surface area contributed by atoms with Crippen molar-refractivity contribution in [2.75, 3.05) is 63.1 Å². The summed E-state index contributed by atoms with van der Waals surface area (Å²) in [5.74, 6) is -10.6. The second-order valence-electron chi connectivity index (χ2n) is 26.2. The average molecular weight is 1230 g/mol. The number of nitrogens with one attached hydrogen (secondary N) is 4. The highest BCUT2D eigenvalue weighted by molar-refractivity contribution is 6.00. The molecule has 24 nitrogen and oxygen atoms in total. The van der Waals surface area contributed by atoms with Gasteiger partial charge in [-0.05, 0) is 95.3 Å². The zero-order valence-corrected chi connectivity index (χ0v) is 57.3. The third-order valence-electron chi connectivity index (χ3n) is 16.8. The van der Waals surface area contributed by atoms with Crippen molar-refractivity contribution in [2.24, 2.45) is 41.4 Å². The van der Waals surface area contributed by atoms with E-state index in [2.05, 4.69) is 21.3 Å². The standard InChI is InChI=1S/C63H113N11O13/c1-26-28-29-39(13)52(75)51-56(79)66-44(27-2)59(82)68(18)43(17)58(81)73(23)50(40(14)33-87-25)55(78)67-48(37(9)10)62(85)69(19)45(30-34(3)4)54(77)64-41(15)53(76)65-42(16)57(80)70(20)46(31-35(5)6)60(83)71(21)47(32-36(7)8)61(84)72(22)49(38(11)12)63(86)74(51)24/h26,28,34-52,75H,27,29-33H2,1-25H3,(H,64,77)(H,65,76)(H,66,79)(H,67,78)/b28-26+/t39-,40?,41+,42-,43+,44+,45+,46+,47+,48+,49+,50+,51+,52-/m1/s1. The molecule has 0 bridgehead atoms. The molecular formula is C63H113N11O13. The third kappa shape index (κ3) is 21.3. The van der Waals surface area contributed by atoms with Crippen LogP contribution in [0.4, 0.5) is 0 Å². The largest absolute Gasteiger partial charge is 0.390 e. The quantitative estimate of drug-likeness (QED) is 0.139. The summed E-state index contributed by atoms with van der Waals surface area (Å²) in [7, 11) is 11.3. The minimum atomic E-state index is -1.63. The molecule has 0 spiro atoms. The lowest BCUT2D eigenvalue weighted by atomic mass is 9.91. The van der Waals surface area contributed by atoms with E-state index in [1.165, 1.54) is 102 Å². The maximum atomic E-state index is 15.2. The van der Waals surface area contributed by atoms with Gasteiger partial charge in [0.2, 0.25) is 65.0 Å². The molecule has 498 valence electrons. The van der Waals surface area contributed by atoms with Crippen LogP contribution in [0.3, 0.4) is 0 Å². The lowest BCUT2D eigenvalue weighted by molar-refractivity contribution is -0.157. The molecule has 87 heavy (non-hydrogen) atoms. The Bertz CT molecular complexity index is 2380. The van der Waals surface area contributed by atoms with Crippen molar-refractivity contribution >= 4 is 65.0 Å². The lowest BCUT2D eigenvalue weighted by Gasteiger charge is -2.41. The highest BCUT2D eigenvalue weighted by Crippen LogP contribution is 2.26. The molecule has 1 unspecified atom stereocenters. The van der Waals surface area contributed by atoms with Gasteiger partial charge in [0.1, 0.15) is 66.5 Å². The SMILES string of the molecule is C/C=C/C[C@@H](C)[C@@H](O)[C@H]1C(=O)N[C@@H](CC)C(=O)N(C)[C@@H](C)C(=O)N(C)[C@@H](C(C)COC)C(=O)N[C@@H](C(C)C)C(=O)N(C)[C@@H](CC(C)C)C(=O)N[C@@H](C)C(=O)N[C@H](C)C(=O)N(C)[C@@H](CC(C)C)C(=O)N(C)[C@@H](CC(C)C)C(=O)N(C)[C@@H](C(C)C)C(=O)N1C. The predicted molar refractivity (Wildman–Crippen MR) is 335 cm³/mol. The first-order valence-corrected chi connectivity index (χ1v) is 31.1. The Hall–Kier alpha value is -6.17. The molecule has 11 amide bonds. The van der Waals surface area contributed by atoms with Crippen molar-refractivity contribution in [3.8, 4) is 0 Å². The minimum absolute atomic E-state index is 0.000697. The molecule has 1 aliphatic rings. The van der Waals surface area contributed by atoms with Gasteiger partial charge in [0.05, 0.1) is 12.7 Å². The van der Waals surface area contributed by atoms with Gasteiger partial charge >= 0.3 is 0 Å². The van der Waals surface area contributed by atoms with Crippen molar-refractivity contribution in [1.29, 1.82) is 0 Å². The molecule has 1 heterocycles. The third-order valence-corrected chi connectivity index (χ3v) is 16.8. The number of likely N-dealkylation sites (N-methyl/N-ethyl adjacent to an activating group) is 7. The molecule has 1 saturated heterocycles. The zero-order valence-electron chi connectivity index (χ0n) is 57.3. The Morgan fingerprint density at radius 2 is 0.908 bits per heavy atom. The predicted octanol–water partition coefficient (Wildman–Crippen LogP) is 2.89. The Balaban J connectivity index is 4.40. The maximum absolute atomic E-state index is 15.2. The summed E-state index contributed by atoms with van der Waals surface area (Å²) in [5, 5.41) is 23.1. The summed E-state index contributed by atoms with van der Waals surface area (Å²) >= 11 is 0. The summed E-state index contributed by atoms with van der Waals surface area (Å²) in [6, 6.07) is -13.9. The number of nitrogens with zero attached hydrogens (tertiary/aromatic N) is 7. The molecule has 1 fully saturated rings. The number of aliphatic hydroxyl groups excluding tert-OH is 1. The summed E-state index contributed by atoms with van der Waals surface area (Å²) < 4.78 is 5.45. The fourth-order valence-electron chi connectivity index (χ4n) is 11.2. The fourth-order valence-corrected chi connectivity index (χ4v) is 11.2. The second kappa shape index (κ2) is 35.7. The first kappa shape index (κ1) is 78.8. The molecule has 0 aromatic heterocycles. The summed E-state index contributed by atoms with van der Waals surface area (Å²) in [4.78, 5) is 170. The molecule has 24 heteroatoms. The Labute approximate surface area is 520 Å². The lowest BCUT2D eigenvalue weighted by Crippen LogP contribution is -2.64. The summed E-state index contributed by atoms with van der Waals surface area (Å²) in [6.45, 7) is 29.2. The van der Waals surface area contributed by atoms with E-state index < -0.39 is 161 Å². The summed E-state index contributed by atoms with van der Waals surface area (Å²) in [6.07, 6.45) is 2.80. The number of allylic oxidation sites excluding steroid dienone is 2. The van der Waals surface area contributed by atoms with Gasteiger partial charge in [-0.15, -0.1) is 0 Å². The number of carbonyl (C=O) groups excluding carboxylic acids is 11. The maximum Gasteiger partial charge on any atom is 0.246 e. The smallest absolute Gasteiger partial charge is 0.246 e. The van der Waals surface area contributed by atoms with Crippen LogP contribution in [0.2, 0.25) is 0 Å². The molecule has 0 aromatic carbocycles. The topological polar surface area (TPSA) is 288 Å². The number of hydrogen-bond acceptors (Lipinski definition) is 13. The average Bonchev–Trinajstić information content (AvgIpc) is 1.38. The highest BCUT2D eigenvalue weighted by atomic mass is 16.5. The fraction of sp³-hybridized carbons (Fsp3) is 0.794. The van der Waals surface area contributed by atoms with Crippen LogP contribution in [0.25, 0.3) is 0 Å². The molecule has 0 saturated carbocycles.